The van der Waals surface area contributed by atoms with Crippen LogP contribution < -0.4 is 5.32 Å². The van der Waals surface area contributed by atoms with Crippen molar-refractivity contribution in [2.75, 3.05) is 13.2 Å². The first-order chi connectivity index (χ1) is 15.8. The first-order valence-electron chi connectivity index (χ1n) is 10.9. The molecular weight excluding hydrogens is 438 g/mol. The Kier molecular flexibility index (Phi) is 8.38. The highest BCUT2D eigenvalue weighted by Crippen LogP contribution is 2.22. The van der Waals surface area contributed by atoms with Crippen LogP contribution in [0, 0.1) is 0 Å². The van der Waals surface area contributed by atoms with Crippen molar-refractivity contribution in [2.45, 2.75) is 42.2 Å². The molecule has 0 aliphatic heterocycles. The number of aliphatic hydroxyl groups excluding tert-OH is 1. The SMILES string of the molecule is CCOC(=O)c1ccc(S(=O)(=O)c2ccc(C[C@@H](C)NC[C@H](O)c3ccccc3)cc2)cc1. The number of ether oxygens (including phenoxy) is 1. The predicted octanol–water partition coefficient (Wildman–Crippen LogP) is 3.95. The van der Waals surface area contributed by atoms with E-state index in [1.54, 1.807) is 31.2 Å². The minimum Gasteiger partial charge on any atom is -0.462 e. The summed E-state index contributed by atoms with van der Waals surface area (Å²) in [6.07, 6.45) is 0.104. The lowest BCUT2D eigenvalue weighted by molar-refractivity contribution is 0.0526. The molecule has 0 bridgehead atoms. The van der Waals surface area contributed by atoms with Gasteiger partial charge in [0.05, 0.1) is 28.1 Å². The van der Waals surface area contributed by atoms with E-state index in [9.17, 15) is 18.3 Å². The highest BCUT2D eigenvalue weighted by molar-refractivity contribution is 7.91. The lowest BCUT2D eigenvalue weighted by atomic mass is 10.1. The molecule has 0 radical (unpaired) electrons. The normalized spacial score (nSPS) is 13.3. The number of rotatable bonds is 10. The minimum atomic E-state index is -3.69. The predicted molar refractivity (Wildman–Crippen MR) is 127 cm³/mol. The van der Waals surface area contributed by atoms with E-state index in [-0.39, 0.29) is 22.4 Å². The molecule has 0 spiro atoms. The first kappa shape index (κ1) is 24.6. The van der Waals surface area contributed by atoms with Crippen molar-refractivity contribution < 1.29 is 23.1 Å². The van der Waals surface area contributed by atoms with Gasteiger partial charge in [-0.1, -0.05) is 42.5 Å². The van der Waals surface area contributed by atoms with E-state index in [4.69, 9.17) is 4.74 Å². The number of esters is 1. The molecule has 0 saturated carbocycles. The molecule has 174 valence electrons. The van der Waals surface area contributed by atoms with Gasteiger partial charge in [0.2, 0.25) is 9.84 Å². The van der Waals surface area contributed by atoms with E-state index in [2.05, 4.69) is 5.32 Å². The van der Waals surface area contributed by atoms with E-state index in [1.807, 2.05) is 37.3 Å². The Hall–Kier alpha value is -3.00. The molecule has 6 nitrogen and oxygen atoms in total. The van der Waals surface area contributed by atoms with Crippen LogP contribution in [0.1, 0.15) is 41.4 Å². The maximum Gasteiger partial charge on any atom is 0.338 e. The summed E-state index contributed by atoms with van der Waals surface area (Å²) < 4.78 is 30.8. The number of sulfone groups is 1. The van der Waals surface area contributed by atoms with Gasteiger partial charge in [-0.3, -0.25) is 0 Å². The summed E-state index contributed by atoms with van der Waals surface area (Å²) in [7, 11) is -3.69. The van der Waals surface area contributed by atoms with Gasteiger partial charge in [0, 0.05) is 12.6 Å². The molecule has 0 aromatic heterocycles. The van der Waals surface area contributed by atoms with Gasteiger partial charge < -0.3 is 15.2 Å². The molecule has 0 amide bonds. The fourth-order valence-electron chi connectivity index (χ4n) is 3.46. The number of aliphatic hydroxyl groups is 1. The Morgan fingerprint density at radius 1 is 0.939 bits per heavy atom. The number of carbonyl (C=O) groups excluding carboxylic acids is 1. The first-order valence-corrected chi connectivity index (χ1v) is 12.4. The fourth-order valence-corrected chi connectivity index (χ4v) is 4.72. The summed E-state index contributed by atoms with van der Waals surface area (Å²) in [6.45, 7) is 4.42. The van der Waals surface area contributed by atoms with Crippen LogP contribution in [-0.4, -0.2) is 38.7 Å². The third-order valence-electron chi connectivity index (χ3n) is 5.30. The maximum absolute atomic E-state index is 12.9. The molecule has 2 N–H and O–H groups in total. The standard InChI is InChI=1S/C26H29NO5S/c1-3-32-26(29)22-11-15-24(16-12-22)33(30,31)23-13-9-20(10-14-23)17-19(2)27-18-25(28)21-7-5-4-6-8-21/h4-16,19,25,27-28H,3,17-18H2,1-2H3/t19-,25+/m1/s1. The van der Waals surface area contributed by atoms with E-state index >= 15 is 0 Å². The summed E-state index contributed by atoms with van der Waals surface area (Å²) in [4.78, 5) is 12.1. The highest BCUT2D eigenvalue weighted by Gasteiger charge is 2.19. The molecule has 7 heteroatoms. The Bertz CT molecular complexity index is 1140. The van der Waals surface area contributed by atoms with Crippen molar-refractivity contribution in [2.24, 2.45) is 0 Å². The number of hydrogen-bond donors (Lipinski definition) is 2. The third kappa shape index (κ3) is 6.51. The number of carbonyl (C=O) groups is 1. The van der Waals surface area contributed by atoms with Crippen molar-refractivity contribution >= 4 is 15.8 Å². The minimum absolute atomic E-state index is 0.0984. The zero-order valence-electron chi connectivity index (χ0n) is 18.8. The Labute approximate surface area is 195 Å². The molecular formula is C26H29NO5S. The van der Waals surface area contributed by atoms with Crippen molar-refractivity contribution in [3.05, 3.63) is 95.6 Å². The molecule has 3 aromatic rings. The number of benzene rings is 3. The highest BCUT2D eigenvalue weighted by atomic mass is 32.2. The van der Waals surface area contributed by atoms with Gasteiger partial charge in [0.15, 0.2) is 0 Å². The Morgan fingerprint density at radius 2 is 1.52 bits per heavy atom. The maximum atomic E-state index is 12.9. The van der Waals surface area contributed by atoms with Crippen LogP contribution in [0.2, 0.25) is 0 Å². The molecule has 3 aromatic carbocycles. The van der Waals surface area contributed by atoms with Gasteiger partial charge in [0.25, 0.3) is 0 Å². The van der Waals surface area contributed by atoms with Gasteiger partial charge in [-0.15, -0.1) is 0 Å². The largest absolute Gasteiger partial charge is 0.462 e. The van der Waals surface area contributed by atoms with Crippen LogP contribution in [0.15, 0.2) is 88.7 Å². The van der Waals surface area contributed by atoms with Gasteiger partial charge in [-0.05, 0) is 67.8 Å². The third-order valence-corrected chi connectivity index (χ3v) is 7.08. The van der Waals surface area contributed by atoms with Crippen LogP contribution in [0.3, 0.4) is 0 Å². The smallest absolute Gasteiger partial charge is 0.338 e. The molecule has 0 unspecified atom stereocenters. The summed E-state index contributed by atoms with van der Waals surface area (Å²) in [5.74, 6) is -0.482. The second-order valence-corrected chi connectivity index (χ2v) is 9.78. The zero-order chi connectivity index (χ0) is 23.8. The van der Waals surface area contributed by atoms with Crippen molar-refractivity contribution in [3.8, 4) is 0 Å². The average molecular weight is 468 g/mol. The lowest BCUT2D eigenvalue weighted by Crippen LogP contribution is -2.32. The van der Waals surface area contributed by atoms with E-state index in [0.717, 1.165) is 11.1 Å². The quantitative estimate of drug-likeness (QED) is 0.439. The number of nitrogens with one attached hydrogen (secondary N) is 1. The Morgan fingerprint density at radius 3 is 2.09 bits per heavy atom. The van der Waals surface area contributed by atoms with Crippen LogP contribution in [0.4, 0.5) is 0 Å². The number of hydrogen-bond acceptors (Lipinski definition) is 6. The second kappa shape index (κ2) is 11.2. The fraction of sp³-hybridized carbons (Fsp3) is 0.269. The van der Waals surface area contributed by atoms with Crippen LogP contribution in [-0.2, 0) is 21.0 Å². The molecule has 0 aliphatic rings. The second-order valence-electron chi connectivity index (χ2n) is 7.83. The Balaban J connectivity index is 1.60. The van der Waals surface area contributed by atoms with Gasteiger partial charge in [0.1, 0.15) is 0 Å². The van der Waals surface area contributed by atoms with E-state index in [1.165, 1.54) is 24.3 Å². The molecule has 0 saturated heterocycles. The van der Waals surface area contributed by atoms with E-state index < -0.39 is 21.9 Å². The topological polar surface area (TPSA) is 92.7 Å². The summed E-state index contributed by atoms with van der Waals surface area (Å²) in [5, 5.41) is 13.6. The average Bonchev–Trinajstić information content (AvgIpc) is 2.83. The van der Waals surface area contributed by atoms with Crippen molar-refractivity contribution in [1.82, 2.24) is 5.32 Å². The molecule has 33 heavy (non-hydrogen) atoms. The zero-order valence-corrected chi connectivity index (χ0v) is 19.6. The van der Waals surface area contributed by atoms with E-state index in [0.29, 0.717) is 18.5 Å². The monoisotopic (exact) mass is 467 g/mol. The molecule has 0 aliphatic carbocycles. The summed E-state index contributed by atoms with van der Waals surface area (Å²) in [5.41, 5.74) is 2.16. The molecule has 0 heterocycles. The van der Waals surface area contributed by atoms with Crippen LogP contribution in [0.5, 0.6) is 0 Å². The van der Waals surface area contributed by atoms with Gasteiger partial charge in [-0.2, -0.15) is 0 Å². The molecule has 0 fully saturated rings. The van der Waals surface area contributed by atoms with Crippen molar-refractivity contribution in [3.63, 3.8) is 0 Å². The summed E-state index contributed by atoms with van der Waals surface area (Å²) >= 11 is 0. The van der Waals surface area contributed by atoms with Crippen LogP contribution >= 0.6 is 0 Å². The van der Waals surface area contributed by atoms with Gasteiger partial charge in [-0.25, -0.2) is 13.2 Å². The van der Waals surface area contributed by atoms with Crippen LogP contribution in [0.25, 0.3) is 0 Å². The lowest BCUT2D eigenvalue weighted by Gasteiger charge is -2.17. The molecule has 3 rings (SSSR count). The summed E-state index contributed by atoms with van der Waals surface area (Å²) in [6, 6.07) is 22.1. The van der Waals surface area contributed by atoms with Gasteiger partial charge >= 0.3 is 5.97 Å². The van der Waals surface area contributed by atoms with Crippen molar-refractivity contribution in [1.29, 1.82) is 0 Å². The molecule has 2 atom stereocenters.